The highest BCUT2D eigenvalue weighted by Crippen LogP contribution is 2.30. The molecule has 2 N–H and O–H groups in total. The number of ether oxygens (including phenoxy) is 1. The van der Waals surface area contributed by atoms with Gasteiger partial charge in [-0.15, -0.1) is 0 Å². The van der Waals surface area contributed by atoms with E-state index in [1.54, 1.807) is 4.90 Å². The fraction of sp³-hybridized carbons (Fsp3) is 0.412. The van der Waals surface area contributed by atoms with Gasteiger partial charge in [0.15, 0.2) is 0 Å². The highest BCUT2D eigenvalue weighted by Gasteiger charge is 2.37. The van der Waals surface area contributed by atoms with Crippen molar-refractivity contribution < 1.29 is 14.3 Å². The number of benzene rings is 1. The van der Waals surface area contributed by atoms with Crippen molar-refractivity contribution in [3.8, 4) is 0 Å². The maximum absolute atomic E-state index is 12.5. The predicted octanol–water partition coefficient (Wildman–Crippen LogP) is 2.19. The third kappa shape index (κ3) is 2.76. The lowest BCUT2D eigenvalue weighted by molar-refractivity contribution is -0.146. The second-order valence-corrected chi connectivity index (χ2v) is 6.10. The zero-order chi connectivity index (χ0) is 16.6. The first-order valence-corrected chi connectivity index (χ1v) is 7.74. The predicted molar refractivity (Wildman–Crippen MR) is 87.0 cm³/mol. The average molecular weight is 315 g/mol. The number of amides is 2. The van der Waals surface area contributed by atoms with Gasteiger partial charge in [-0.05, 0) is 25.5 Å². The number of nitrogens with zero attached hydrogens (tertiary/aromatic N) is 1. The van der Waals surface area contributed by atoms with Crippen LogP contribution in [0.25, 0.3) is 10.9 Å². The molecule has 0 radical (unpaired) electrons. The lowest BCUT2D eigenvalue weighted by Gasteiger charge is -2.34. The molecule has 122 valence electrons. The summed E-state index contributed by atoms with van der Waals surface area (Å²) in [5.74, 6) is -0.389. The highest BCUT2D eigenvalue weighted by molar-refractivity contribution is 5.89. The summed E-state index contributed by atoms with van der Waals surface area (Å²) < 4.78 is 4.91. The molecule has 2 amide bonds. The maximum atomic E-state index is 12.5. The number of carbonyl (C=O) groups excluding carboxylic acids is 2. The number of urea groups is 1. The van der Waals surface area contributed by atoms with Crippen molar-refractivity contribution in [3.63, 3.8) is 0 Å². The summed E-state index contributed by atoms with van der Waals surface area (Å²) >= 11 is 0. The number of aromatic nitrogens is 1. The Morgan fingerprint density at radius 3 is 2.78 bits per heavy atom. The molecule has 0 bridgehead atoms. The SMILES string of the molecule is COC(=O)[C@@H]1Cc2c([nH]c3ccccc23)CN1C(=O)NC(C)C. The average Bonchev–Trinajstić information content (AvgIpc) is 2.89. The van der Waals surface area contributed by atoms with E-state index >= 15 is 0 Å². The number of fused-ring (bicyclic) bond motifs is 3. The molecule has 3 rings (SSSR count). The Morgan fingerprint density at radius 2 is 2.09 bits per heavy atom. The summed E-state index contributed by atoms with van der Waals surface area (Å²) in [6, 6.07) is 7.12. The fourth-order valence-electron chi connectivity index (χ4n) is 3.10. The van der Waals surface area contributed by atoms with Crippen LogP contribution < -0.4 is 5.32 Å². The summed E-state index contributed by atoms with van der Waals surface area (Å²) in [4.78, 5) is 29.5. The quantitative estimate of drug-likeness (QED) is 0.834. The van der Waals surface area contributed by atoms with Crippen LogP contribution in [0.2, 0.25) is 0 Å². The van der Waals surface area contributed by atoms with Crippen molar-refractivity contribution in [1.82, 2.24) is 15.2 Å². The minimum absolute atomic E-state index is 0.00454. The lowest BCUT2D eigenvalue weighted by atomic mass is 9.97. The van der Waals surface area contributed by atoms with Gasteiger partial charge in [-0.1, -0.05) is 18.2 Å². The molecule has 0 fully saturated rings. The molecule has 0 saturated carbocycles. The van der Waals surface area contributed by atoms with Gasteiger partial charge >= 0.3 is 12.0 Å². The van der Waals surface area contributed by atoms with Gasteiger partial charge in [0.05, 0.1) is 13.7 Å². The summed E-state index contributed by atoms with van der Waals surface area (Å²) in [5.41, 5.74) is 3.09. The smallest absolute Gasteiger partial charge is 0.329 e. The standard InChI is InChI=1S/C17H21N3O3/c1-10(2)18-17(22)20-9-14-12(8-15(20)16(21)23-3)11-6-4-5-7-13(11)19-14/h4-7,10,15,19H,8-9H2,1-3H3,(H,18,22)/t15-/m0/s1. The normalized spacial score (nSPS) is 17.2. The zero-order valence-electron chi connectivity index (χ0n) is 13.6. The number of aromatic amines is 1. The first-order chi connectivity index (χ1) is 11.0. The van der Waals surface area contributed by atoms with Crippen molar-refractivity contribution >= 4 is 22.9 Å². The fourth-order valence-corrected chi connectivity index (χ4v) is 3.10. The van der Waals surface area contributed by atoms with Crippen LogP contribution in [-0.2, 0) is 22.5 Å². The zero-order valence-corrected chi connectivity index (χ0v) is 13.6. The van der Waals surface area contributed by atoms with Gasteiger partial charge < -0.3 is 19.9 Å². The van der Waals surface area contributed by atoms with E-state index in [1.807, 2.05) is 38.1 Å². The Bertz CT molecular complexity index is 751. The van der Waals surface area contributed by atoms with E-state index in [0.29, 0.717) is 13.0 Å². The van der Waals surface area contributed by atoms with E-state index in [1.165, 1.54) is 7.11 Å². The molecule has 0 aliphatic carbocycles. The third-order valence-electron chi connectivity index (χ3n) is 4.15. The first-order valence-electron chi connectivity index (χ1n) is 7.74. The molecule has 6 nitrogen and oxygen atoms in total. The number of nitrogens with one attached hydrogen (secondary N) is 2. The lowest BCUT2D eigenvalue weighted by Crippen LogP contribution is -2.53. The van der Waals surface area contributed by atoms with Gasteiger partial charge in [0.25, 0.3) is 0 Å². The van der Waals surface area contributed by atoms with E-state index in [4.69, 9.17) is 4.74 Å². The molecule has 1 atom stereocenters. The molecule has 1 aromatic heterocycles. The van der Waals surface area contributed by atoms with Gasteiger partial charge in [-0.2, -0.15) is 0 Å². The van der Waals surface area contributed by atoms with E-state index in [9.17, 15) is 9.59 Å². The number of esters is 1. The van der Waals surface area contributed by atoms with Gasteiger partial charge in [0.1, 0.15) is 6.04 Å². The second kappa shape index (κ2) is 5.95. The Morgan fingerprint density at radius 1 is 1.35 bits per heavy atom. The molecule has 0 saturated heterocycles. The molecule has 2 aromatic rings. The topological polar surface area (TPSA) is 74.4 Å². The molecule has 6 heteroatoms. The molecular formula is C17H21N3O3. The number of hydrogen-bond acceptors (Lipinski definition) is 3. The first kappa shape index (κ1) is 15.4. The number of hydrogen-bond donors (Lipinski definition) is 2. The number of H-pyrrole nitrogens is 1. The van der Waals surface area contributed by atoms with Crippen molar-refractivity contribution in [3.05, 3.63) is 35.5 Å². The van der Waals surface area contributed by atoms with Crippen molar-refractivity contribution in [2.24, 2.45) is 0 Å². The van der Waals surface area contributed by atoms with E-state index < -0.39 is 6.04 Å². The summed E-state index contributed by atoms with van der Waals surface area (Å²) in [6.07, 6.45) is 0.456. The Balaban J connectivity index is 2.00. The molecule has 2 heterocycles. The molecule has 0 unspecified atom stereocenters. The van der Waals surface area contributed by atoms with Crippen LogP contribution in [0.5, 0.6) is 0 Å². The largest absolute Gasteiger partial charge is 0.467 e. The summed E-state index contributed by atoms with van der Waals surface area (Å²) in [5, 5.41) is 3.95. The van der Waals surface area contributed by atoms with Crippen molar-refractivity contribution in [1.29, 1.82) is 0 Å². The number of methoxy groups -OCH3 is 1. The van der Waals surface area contributed by atoms with Gasteiger partial charge in [-0.25, -0.2) is 9.59 Å². The minimum atomic E-state index is -0.606. The molecule has 0 spiro atoms. The second-order valence-electron chi connectivity index (χ2n) is 6.10. The van der Waals surface area contributed by atoms with Crippen LogP contribution in [0.1, 0.15) is 25.1 Å². The number of para-hydroxylation sites is 1. The molecular weight excluding hydrogens is 294 g/mol. The highest BCUT2D eigenvalue weighted by atomic mass is 16.5. The molecule has 1 aromatic carbocycles. The van der Waals surface area contributed by atoms with E-state index in [0.717, 1.165) is 22.2 Å². The monoisotopic (exact) mass is 315 g/mol. The van der Waals surface area contributed by atoms with Crippen LogP contribution in [0.3, 0.4) is 0 Å². The number of carbonyl (C=O) groups is 2. The van der Waals surface area contributed by atoms with Crippen LogP contribution in [0.15, 0.2) is 24.3 Å². The molecule has 23 heavy (non-hydrogen) atoms. The molecule has 1 aliphatic heterocycles. The maximum Gasteiger partial charge on any atom is 0.329 e. The van der Waals surface area contributed by atoms with Crippen LogP contribution in [0.4, 0.5) is 4.79 Å². The Labute approximate surface area is 134 Å². The van der Waals surface area contributed by atoms with Crippen LogP contribution in [0, 0.1) is 0 Å². The summed E-state index contributed by atoms with van der Waals surface area (Å²) in [6.45, 7) is 4.15. The number of rotatable bonds is 2. The molecule has 1 aliphatic rings. The Hall–Kier alpha value is -2.50. The minimum Gasteiger partial charge on any atom is -0.467 e. The Kier molecular flexibility index (Phi) is 3.98. The van der Waals surface area contributed by atoms with Crippen molar-refractivity contribution in [2.45, 2.75) is 38.9 Å². The summed E-state index contributed by atoms with van der Waals surface area (Å²) in [7, 11) is 1.35. The van der Waals surface area contributed by atoms with Gasteiger partial charge in [0, 0.05) is 29.1 Å². The van der Waals surface area contributed by atoms with Gasteiger partial charge in [-0.3, -0.25) is 0 Å². The van der Waals surface area contributed by atoms with Gasteiger partial charge in [0.2, 0.25) is 0 Å². The van der Waals surface area contributed by atoms with E-state index in [-0.39, 0.29) is 18.0 Å². The van der Waals surface area contributed by atoms with Crippen molar-refractivity contribution in [2.75, 3.05) is 7.11 Å². The van der Waals surface area contributed by atoms with Crippen LogP contribution >= 0.6 is 0 Å². The van der Waals surface area contributed by atoms with Crippen LogP contribution in [-0.4, -0.2) is 41.1 Å². The third-order valence-corrected chi connectivity index (χ3v) is 4.15. The van der Waals surface area contributed by atoms with E-state index in [2.05, 4.69) is 10.3 Å².